The van der Waals surface area contributed by atoms with E-state index in [-0.39, 0.29) is 18.2 Å². The molecular formula is C12H17F2NO. The van der Waals surface area contributed by atoms with Crippen molar-refractivity contribution in [1.29, 1.82) is 0 Å². The van der Waals surface area contributed by atoms with Gasteiger partial charge in [-0.15, -0.1) is 0 Å². The second kappa shape index (κ2) is 6.55. The van der Waals surface area contributed by atoms with Gasteiger partial charge in [0, 0.05) is 18.2 Å². The minimum atomic E-state index is -2.43. The molecule has 1 aromatic carbocycles. The average Bonchev–Trinajstić information content (AvgIpc) is 2.29. The summed E-state index contributed by atoms with van der Waals surface area (Å²) in [7, 11) is 0. The van der Waals surface area contributed by atoms with Gasteiger partial charge in [0.1, 0.15) is 0 Å². The summed E-state index contributed by atoms with van der Waals surface area (Å²) in [6.07, 6.45) is -1.84. The van der Waals surface area contributed by atoms with E-state index in [0.29, 0.717) is 6.42 Å². The van der Waals surface area contributed by atoms with E-state index in [9.17, 15) is 8.78 Å². The molecule has 0 amide bonds. The summed E-state index contributed by atoms with van der Waals surface area (Å²) in [5.74, 6) is 0. The van der Waals surface area contributed by atoms with Crippen molar-refractivity contribution in [3.05, 3.63) is 35.4 Å². The van der Waals surface area contributed by atoms with Crippen LogP contribution < -0.4 is 5.32 Å². The lowest BCUT2D eigenvalue weighted by molar-refractivity contribution is 0.151. The van der Waals surface area contributed by atoms with E-state index in [1.165, 1.54) is 12.1 Å². The van der Waals surface area contributed by atoms with Crippen LogP contribution in [0.15, 0.2) is 24.3 Å². The van der Waals surface area contributed by atoms with Crippen LogP contribution in [0, 0.1) is 0 Å². The minimum absolute atomic E-state index is 0.0294. The zero-order valence-corrected chi connectivity index (χ0v) is 9.29. The van der Waals surface area contributed by atoms with Crippen molar-refractivity contribution in [3.8, 4) is 0 Å². The second-order valence-corrected chi connectivity index (χ2v) is 3.59. The maximum Gasteiger partial charge on any atom is 0.263 e. The van der Waals surface area contributed by atoms with Crippen LogP contribution >= 0.6 is 0 Å². The van der Waals surface area contributed by atoms with Crippen molar-refractivity contribution >= 4 is 0 Å². The van der Waals surface area contributed by atoms with Crippen LogP contribution in [-0.2, 0) is 0 Å². The van der Waals surface area contributed by atoms with Gasteiger partial charge >= 0.3 is 0 Å². The Hall–Kier alpha value is -1.00. The van der Waals surface area contributed by atoms with Crippen LogP contribution in [-0.4, -0.2) is 18.3 Å². The van der Waals surface area contributed by atoms with Gasteiger partial charge in [0.05, 0.1) is 0 Å². The SMILES string of the molecule is CCNC(CCO)c1ccc(C(F)F)cc1. The maximum absolute atomic E-state index is 12.3. The minimum Gasteiger partial charge on any atom is -0.396 e. The molecule has 1 unspecified atom stereocenters. The van der Waals surface area contributed by atoms with E-state index in [4.69, 9.17) is 5.11 Å². The van der Waals surface area contributed by atoms with Gasteiger partial charge in [-0.05, 0) is 18.5 Å². The number of hydrogen-bond donors (Lipinski definition) is 2. The molecule has 2 nitrogen and oxygen atoms in total. The molecule has 90 valence electrons. The Morgan fingerprint density at radius 2 is 1.75 bits per heavy atom. The summed E-state index contributed by atoms with van der Waals surface area (Å²) in [4.78, 5) is 0. The fraction of sp³-hybridized carbons (Fsp3) is 0.500. The molecule has 0 fully saturated rings. The lowest BCUT2D eigenvalue weighted by Gasteiger charge is -2.17. The van der Waals surface area contributed by atoms with Gasteiger partial charge in [-0.2, -0.15) is 0 Å². The molecule has 0 aliphatic rings. The fourth-order valence-corrected chi connectivity index (χ4v) is 1.64. The quantitative estimate of drug-likeness (QED) is 0.786. The molecule has 0 aromatic heterocycles. The van der Waals surface area contributed by atoms with Crippen molar-refractivity contribution in [2.75, 3.05) is 13.2 Å². The number of aliphatic hydroxyl groups is 1. The topological polar surface area (TPSA) is 32.3 Å². The third kappa shape index (κ3) is 3.54. The van der Waals surface area contributed by atoms with E-state index in [1.54, 1.807) is 12.1 Å². The van der Waals surface area contributed by atoms with Gasteiger partial charge in [0.2, 0.25) is 0 Å². The van der Waals surface area contributed by atoms with Gasteiger partial charge in [0.25, 0.3) is 6.43 Å². The summed E-state index contributed by atoms with van der Waals surface area (Å²) >= 11 is 0. The predicted molar refractivity (Wildman–Crippen MR) is 59.5 cm³/mol. The number of halogens is 2. The molecule has 0 aliphatic carbocycles. The molecule has 0 heterocycles. The Bertz CT molecular complexity index is 294. The normalized spacial score (nSPS) is 13.1. The molecule has 2 N–H and O–H groups in total. The summed E-state index contributed by atoms with van der Waals surface area (Å²) in [6.45, 7) is 2.83. The van der Waals surface area contributed by atoms with Crippen molar-refractivity contribution in [1.82, 2.24) is 5.32 Å². The van der Waals surface area contributed by atoms with E-state index in [1.807, 2.05) is 6.92 Å². The monoisotopic (exact) mass is 229 g/mol. The van der Waals surface area contributed by atoms with E-state index >= 15 is 0 Å². The highest BCUT2D eigenvalue weighted by Gasteiger charge is 2.11. The molecule has 0 bridgehead atoms. The van der Waals surface area contributed by atoms with Gasteiger partial charge in [-0.1, -0.05) is 31.2 Å². The molecule has 16 heavy (non-hydrogen) atoms. The van der Waals surface area contributed by atoms with Crippen molar-refractivity contribution in [2.24, 2.45) is 0 Å². The van der Waals surface area contributed by atoms with E-state index in [2.05, 4.69) is 5.32 Å². The molecule has 1 rings (SSSR count). The van der Waals surface area contributed by atoms with Gasteiger partial charge in [0.15, 0.2) is 0 Å². The summed E-state index contributed by atoms with van der Waals surface area (Å²) in [5, 5.41) is 12.1. The molecule has 1 aromatic rings. The Morgan fingerprint density at radius 3 is 2.19 bits per heavy atom. The summed E-state index contributed by atoms with van der Waals surface area (Å²) in [6, 6.07) is 6.26. The number of hydrogen-bond acceptors (Lipinski definition) is 2. The van der Waals surface area contributed by atoms with Crippen molar-refractivity contribution in [3.63, 3.8) is 0 Å². The number of rotatable bonds is 6. The molecule has 0 aliphatic heterocycles. The van der Waals surface area contributed by atoms with Crippen molar-refractivity contribution < 1.29 is 13.9 Å². The number of aliphatic hydroxyl groups excluding tert-OH is 1. The van der Waals surface area contributed by atoms with Gasteiger partial charge < -0.3 is 10.4 Å². The van der Waals surface area contributed by atoms with Crippen molar-refractivity contribution in [2.45, 2.75) is 25.8 Å². The summed E-state index contributed by atoms with van der Waals surface area (Å²) < 4.78 is 24.7. The number of alkyl halides is 2. The highest BCUT2D eigenvalue weighted by Crippen LogP contribution is 2.22. The molecule has 0 radical (unpaired) electrons. The van der Waals surface area contributed by atoms with E-state index in [0.717, 1.165) is 12.1 Å². The zero-order chi connectivity index (χ0) is 12.0. The first-order valence-corrected chi connectivity index (χ1v) is 5.41. The Balaban J connectivity index is 2.76. The molecule has 0 saturated heterocycles. The fourth-order valence-electron chi connectivity index (χ4n) is 1.64. The lowest BCUT2D eigenvalue weighted by Crippen LogP contribution is -2.21. The van der Waals surface area contributed by atoms with Crippen LogP contribution in [0.3, 0.4) is 0 Å². The van der Waals surface area contributed by atoms with E-state index < -0.39 is 6.43 Å². The zero-order valence-electron chi connectivity index (χ0n) is 9.29. The smallest absolute Gasteiger partial charge is 0.263 e. The molecule has 1 atom stereocenters. The second-order valence-electron chi connectivity index (χ2n) is 3.59. The van der Waals surface area contributed by atoms with Crippen LogP contribution in [0.1, 0.15) is 36.9 Å². The number of benzene rings is 1. The molecule has 0 spiro atoms. The van der Waals surface area contributed by atoms with Crippen LogP contribution in [0.5, 0.6) is 0 Å². The Kier molecular flexibility index (Phi) is 5.35. The highest BCUT2D eigenvalue weighted by atomic mass is 19.3. The largest absolute Gasteiger partial charge is 0.396 e. The van der Waals surface area contributed by atoms with Gasteiger partial charge in [-0.25, -0.2) is 8.78 Å². The highest BCUT2D eigenvalue weighted by molar-refractivity contribution is 5.25. The Labute approximate surface area is 94.3 Å². The lowest BCUT2D eigenvalue weighted by atomic mass is 10.0. The summed E-state index contributed by atoms with van der Waals surface area (Å²) in [5.41, 5.74) is 0.961. The molecular weight excluding hydrogens is 212 g/mol. The first-order chi connectivity index (χ1) is 7.69. The Morgan fingerprint density at radius 1 is 1.19 bits per heavy atom. The molecule has 0 saturated carbocycles. The predicted octanol–water partition coefficient (Wildman–Crippen LogP) is 2.66. The third-order valence-electron chi connectivity index (χ3n) is 2.46. The number of nitrogens with one attached hydrogen (secondary N) is 1. The maximum atomic E-state index is 12.3. The first-order valence-electron chi connectivity index (χ1n) is 5.41. The van der Waals surface area contributed by atoms with Crippen LogP contribution in [0.2, 0.25) is 0 Å². The standard InChI is InChI=1S/C12H17F2NO/c1-2-15-11(7-8-16)9-3-5-10(6-4-9)12(13)14/h3-6,11-12,15-16H,2,7-8H2,1H3. The van der Waals surface area contributed by atoms with Crippen LogP contribution in [0.4, 0.5) is 8.78 Å². The molecule has 4 heteroatoms. The third-order valence-corrected chi connectivity index (χ3v) is 2.46. The van der Waals surface area contributed by atoms with Crippen LogP contribution in [0.25, 0.3) is 0 Å². The average molecular weight is 229 g/mol. The first kappa shape index (κ1) is 13.1. The van der Waals surface area contributed by atoms with Gasteiger partial charge in [-0.3, -0.25) is 0 Å².